The van der Waals surface area contributed by atoms with E-state index < -0.39 is 11.6 Å². The fraction of sp³-hybridized carbons (Fsp3) is 0.357. The molecule has 0 radical (unpaired) electrons. The summed E-state index contributed by atoms with van der Waals surface area (Å²) in [5, 5.41) is 0.930. The molecule has 0 bridgehead atoms. The van der Waals surface area contributed by atoms with Crippen LogP contribution in [-0.4, -0.2) is 13.7 Å². The Hall–Kier alpha value is -2.70. The van der Waals surface area contributed by atoms with Crippen molar-refractivity contribution < 1.29 is 13.5 Å². The van der Waals surface area contributed by atoms with Crippen LogP contribution in [0.1, 0.15) is 48.8 Å². The van der Waals surface area contributed by atoms with Gasteiger partial charge in [-0.2, -0.15) is 0 Å². The molecule has 3 aromatic carbocycles. The molecule has 1 nitrogen and oxygen atoms in total. The van der Waals surface area contributed by atoms with Gasteiger partial charge < -0.3 is 4.74 Å². The molecular weight excluding hydrogens is 390 g/mol. The molecule has 0 heterocycles. The number of hydrogen-bond donors (Lipinski definition) is 0. The van der Waals surface area contributed by atoms with Gasteiger partial charge in [-0.05, 0) is 78.8 Å². The first-order chi connectivity index (χ1) is 15.1. The fourth-order valence-corrected chi connectivity index (χ4v) is 4.54. The van der Waals surface area contributed by atoms with Gasteiger partial charge in [0, 0.05) is 30.2 Å². The molecule has 1 fully saturated rings. The molecular formula is C28H28F2O. The number of fused-ring (bicyclic) bond motifs is 1. The monoisotopic (exact) mass is 418 g/mol. The summed E-state index contributed by atoms with van der Waals surface area (Å²) < 4.78 is 32.5. The Bertz CT molecular complexity index is 1080. The molecule has 1 aliphatic carbocycles. The van der Waals surface area contributed by atoms with Gasteiger partial charge in [-0.1, -0.05) is 48.9 Å². The predicted molar refractivity (Wildman–Crippen MR) is 122 cm³/mol. The molecule has 0 N–H and O–H groups in total. The highest BCUT2D eigenvalue weighted by Gasteiger charge is 2.20. The van der Waals surface area contributed by atoms with E-state index in [0.29, 0.717) is 5.39 Å². The molecule has 0 spiro atoms. The number of benzene rings is 3. The Labute approximate surface area is 183 Å². The Balaban J connectivity index is 1.34. The van der Waals surface area contributed by atoms with Crippen LogP contribution in [0.5, 0.6) is 0 Å². The minimum Gasteiger partial charge on any atom is -0.384 e. The molecule has 0 saturated heterocycles. The van der Waals surface area contributed by atoms with Crippen molar-refractivity contribution in [1.82, 2.24) is 0 Å². The minimum atomic E-state index is -0.829. The Morgan fingerprint density at radius 3 is 2.26 bits per heavy atom. The lowest BCUT2D eigenvalue weighted by Gasteiger charge is -2.28. The summed E-state index contributed by atoms with van der Waals surface area (Å²) in [5.41, 5.74) is 3.09. The van der Waals surface area contributed by atoms with E-state index in [4.69, 9.17) is 4.74 Å². The Morgan fingerprint density at radius 2 is 1.52 bits per heavy atom. The molecule has 1 aliphatic rings. The molecule has 31 heavy (non-hydrogen) atoms. The van der Waals surface area contributed by atoms with Crippen molar-refractivity contribution in [3.8, 4) is 11.8 Å². The third-order valence-corrected chi connectivity index (χ3v) is 6.42. The smallest absolute Gasteiger partial charge is 0.166 e. The predicted octanol–water partition coefficient (Wildman–Crippen LogP) is 6.90. The van der Waals surface area contributed by atoms with Crippen LogP contribution in [0.4, 0.5) is 8.78 Å². The van der Waals surface area contributed by atoms with Gasteiger partial charge in [0.1, 0.15) is 0 Å². The molecule has 3 heteroatoms. The standard InChI is InChI=1S/C28H28F2O/c1-31-19-24-12-9-22(10-13-24)7-4-20-2-5-21(6-3-20)8-11-23-14-16-26-25(18-23)15-17-27(29)28(26)30/h2-3,5-6,14-18,22,24H,4,7,9-10,12-13,19H2,1H3. The molecule has 0 atom stereocenters. The second-order valence-electron chi connectivity index (χ2n) is 8.62. The Kier molecular flexibility index (Phi) is 6.99. The third kappa shape index (κ3) is 5.51. The Morgan fingerprint density at radius 1 is 0.839 bits per heavy atom. The van der Waals surface area contributed by atoms with E-state index >= 15 is 0 Å². The van der Waals surface area contributed by atoms with Gasteiger partial charge in [0.25, 0.3) is 0 Å². The number of aryl methyl sites for hydroxylation is 1. The second-order valence-corrected chi connectivity index (χ2v) is 8.62. The summed E-state index contributed by atoms with van der Waals surface area (Å²) in [6, 6.07) is 16.3. The van der Waals surface area contributed by atoms with Gasteiger partial charge in [0.15, 0.2) is 11.6 Å². The summed E-state index contributed by atoms with van der Waals surface area (Å²) in [6.45, 7) is 0.907. The number of hydrogen-bond acceptors (Lipinski definition) is 1. The summed E-state index contributed by atoms with van der Waals surface area (Å²) in [7, 11) is 1.80. The van der Waals surface area contributed by atoms with Crippen LogP contribution in [0.15, 0.2) is 54.6 Å². The van der Waals surface area contributed by atoms with E-state index in [1.807, 2.05) is 0 Å². The average Bonchev–Trinajstić information content (AvgIpc) is 2.80. The normalized spacial score (nSPS) is 18.5. The van der Waals surface area contributed by atoms with E-state index in [-0.39, 0.29) is 5.39 Å². The molecule has 0 aromatic heterocycles. The van der Waals surface area contributed by atoms with Crippen molar-refractivity contribution in [2.24, 2.45) is 11.8 Å². The van der Waals surface area contributed by atoms with Crippen molar-refractivity contribution in [3.05, 3.63) is 82.9 Å². The lowest BCUT2D eigenvalue weighted by Crippen LogP contribution is -2.18. The van der Waals surface area contributed by atoms with Crippen molar-refractivity contribution in [2.75, 3.05) is 13.7 Å². The first-order valence-electron chi connectivity index (χ1n) is 11.1. The summed E-state index contributed by atoms with van der Waals surface area (Å²) in [4.78, 5) is 0. The summed E-state index contributed by atoms with van der Waals surface area (Å²) in [5.74, 6) is 6.25. The number of halogens is 2. The average molecular weight is 419 g/mol. The molecule has 1 saturated carbocycles. The second kappa shape index (κ2) is 10.1. The van der Waals surface area contributed by atoms with Crippen LogP contribution in [-0.2, 0) is 11.2 Å². The summed E-state index contributed by atoms with van der Waals surface area (Å²) in [6.07, 6.45) is 7.59. The van der Waals surface area contributed by atoms with E-state index in [2.05, 4.69) is 36.1 Å². The zero-order valence-corrected chi connectivity index (χ0v) is 18.0. The van der Waals surface area contributed by atoms with Gasteiger partial charge in [-0.3, -0.25) is 0 Å². The van der Waals surface area contributed by atoms with Gasteiger partial charge in [-0.15, -0.1) is 0 Å². The first kappa shape index (κ1) is 21.5. The SMILES string of the molecule is COCC1CCC(CCc2ccc(C#Cc3ccc4c(F)c(F)ccc4c3)cc2)CC1. The molecule has 3 aromatic rings. The van der Waals surface area contributed by atoms with Gasteiger partial charge in [-0.25, -0.2) is 8.78 Å². The van der Waals surface area contributed by atoms with E-state index in [1.165, 1.54) is 37.7 Å². The lowest BCUT2D eigenvalue weighted by molar-refractivity contribution is 0.117. The highest BCUT2D eigenvalue weighted by Crippen LogP contribution is 2.31. The topological polar surface area (TPSA) is 9.23 Å². The maximum Gasteiger partial charge on any atom is 0.166 e. The van der Waals surface area contributed by atoms with E-state index in [9.17, 15) is 8.78 Å². The highest BCUT2D eigenvalue weighted by atomic mass is 19.2. The van der Waals surface area contributed by atoms with Crippen molar-refractivity contribution in [2.45, 2.75) is 38.5 Å². The molecule has 160 valence electrons. The zero-order valence-electron chi connectivity index (χ0n) is 18.0. The highest BCUT2D eigenvalue weighted by molar-refractivity contribution is 5.84. The van der Waals surface area contributed by atoms with Gasteiger partial charge in [0.05, 0.1) is 0 Å². The van der Waals surface area contributed by atoms with Crippen molar-refractivity contribution >= 4 is 10.8 Å². The zero-order chi connectivity index (χ0) is 21.6. The largest absolute Gasteiger partial charge is 0.384 e. The molecule has 4 rings (SSSR count). The number of ether oxygens (including phenoxy) is 1. The maximum absolute atomic E-state index is 13.8. The summed E-state index contributed by atoms with van der Waals surface area (Å²) >= 11 is 0. The molecule has 0 unspecified atom stereocenters. The van der Waals surface area contributed by atoms with Gasteiger partial charge >= 0.3 is 0 Å². The lowest BCUT2D eigenvalue weighted by atomic mass is 9.80. The molecule has 0 amide bonds. The van der Waals surface area contributed by atoms with E-state index in [1.54, 1.807) is 31.4 Å². The van der Waals surface area contributed by atoms with Crippen LogP contribution in [0, 0.1) is 35.3 Å². The van der Waals surface area contributed by atoms with Crippen molar-refractivity contribution in [3.63, 3.8) is 0 Å². The first-order valence-corrected chi connectivity index (χ1v) is 11.1. The van der Waals surface area contributed by atoms with Crippen LogP contribution in [0.2, 0.25) is 0 Å². The van der Waals surface area contributed by atoms with Gasteiger partial charge in [0.2, 0.25) is 0 Å². The van der Waals surface area contributed by atoms with Crippen LogP contribution >= 0.6 is 0 Å². The fourth-order valence-electron chi connectivity index (χ4n) is 4.54. The van der Waals surface area contributed by atoms with E-state index in [0.717, 1.165) is 42.1 Å². The number of methoxy groups -OCH3 is 1. The third-order valence-electron chi connectivity index (χ3n) is 6.42. The molecule has 0 aliphatic heterocycles. The van der Waals surface area contributed by atoms with Crippen LogP contribution in [0.3, 0.4) is 0 Å². The van der Waals surface area contributed by atoms with Crippen LogP contribution in [0.25, 0.3) is 10.8 Å². The van der Waals surface area contributed by atoms with Crippen molar-refractivity contribution in [1.29, 1.82) is 0 Å². The van der Waals surface area contributed by atoms with Crippen LogP contribution < -0.4 is 0 Å². The maximum atomic E-state index is 13.8. The quantitative estimate of drug-likeness (QED) is 0.409. The number of rotatable bonds is 5. The minimum absolute atomic E-state index is 0.280.